The van der Waals surface area contributed by atoms with Gasteiger partial charge in [0, 0.05) is 31.2 Å². The highest BCUT2D eigenvalue weighted by Gasteiger charge is 2.11. The molecule has 26 heavy (non-hydrogen) atoms. The highest BCUT2D eigenvalue weighted by molar-refractivity contribution is 6.30. The Hall–Kier alpha value is -2.09. The molecule has 0 radical (unpaired) electrons. The Morgan fingerprint density at radius 1 is 1.35 bits per heavy atom. The summed E-state index contributed by atoms with van der Waals surface area (Å²) in [6.07, 6.45) is 1.93. The van der Waals surface area contributed by atoms with Gasteiger partial charge in [-0.1, -0.05) is 24.9 Å². The lowest BCUT2D eigenvalue weighted by atomic mass is 10.2. The second-order valence-corrected chi connectivity index (χ2v) is 6.15. The molecule has 0 heterocycles. The molecule has 0 spiro atoms. The maximum Gasteiger partial charge on any atom is 0.387 e. The van der Waals surface area contributed by atoms with E-state index in [1.807, 2.05) is 0 Å². The fraction of sp³-hybridized carbons (Fsp3) is 0.529. The van der Waals surface area contributed by atoms with Crippen molar-refractivity contribution >= 4 is 23.5 Å². The minimum atomic E-state index is -2.93. The normalized spacial score (nSPS) is 11.4. The van der Waals surface area contributed by atoms with Gasteiger partial charge in [0.2, 0.25) is 5.91 Å². The summed E-state index contributed by atoms with van der Waals surface area (Å²) < 4.78 is 29.6. The third-order valence-electron chi connectivity index (χ3n) is 3.37. The van der Waals surface area contributed by atoms with Gasteiger partial charge in [0.25, 0.3) is 0 Å². The van der Waals surface area contributed by atoms with E-state index in [2.05, 4.69) is 27.3 Å². The first-order chi connectivity index (χ1) is 12.3. The molecule has 146 valence electrons. The fourth-order valence-electron chi connectivity index (χ4n) is 1.92. The summed E-state index contributed by atoms with van der Waals surface area (Å²) in [5.41, 5.74) is 0.424. The Bertz CT molecular complexity index is 612. The van der Waals surface area contributed by atoms with E-state index in [-0.39, 0.29) is 24.7 Å². The summed E-state index contributed by atoms with van der Waals surface area (Å²) in [4.78, 5) is 17.5. The zero-order valence-electron chi connectivity index (χ0n) is 15.2. The number of nitrogens with one attached hydrogen (secondary N) is 2. The highest BCUT2D eigenvalue weighted by Crippen LogP contribution is 2.25. The van der Waals surface area contributed by atoms with Crippen molar-refractivity contribution in [1.29, 1.82) is 0 Å². The Morgan fingerprint density at radius 2 is 2.08 bits per heavy atom. The van der Waals surface area contributed by atoms with Crippen LogP contribution < -0.4 is 15.4 Å². The van der Waals surface area contributed by atoms with Crippen LogP contribution in [0.5, 0.6) is 5.75 Å². The molecule has 0 aliphatic carbocycles. The van der Waals surface area contributed by atoms with E-state index in [9.17, 15) is 13.6 Å². The van der Waals surface area contributed by atoms with Crippen molar-refractivity contribution in [3.63, 3.8) is 0 Å². The zero-order chi connectivity index (χ0) is 19.5. The van der Waals surface area contributed by atoms with Gasteiger partial charge in [-0.05, 0) is 24.6 Å². The van der Waals surface area contributed by atoms with Crippen LogP contribution in [0.2, 0.25) is 5.02 Å². The van der Waals surface area contributed by atoms with E-state index in [0.717, 1.165) is 12.8 Å². The number of hydrogen-bond acceptors (Lipinski definition) is 3. The molecule has 2 N–H and O–H groups in total. The predicted molar refractivity (Wildman–Crippen MR) is 98.8 cm³/mol. The number of carbonyl (C=O) groups excluding carboxylic acids is 1. The molecule has 0 unspecified atom stereocenters. The average Bonchev–Trinajstić information content (AvgIpc) is 2.58. The van der Waals surface area contributed by atoms with E-state index < -0.39 is 6.61 Å². The maximum atomic E-state index is 12.5. The number of aliphatic imine (C=N–C) groups is 1. The number of rotatable bonds is 9. The van der Waals surface area contributed by atoms with Crippen LogP contribution in [-0.4, -0.2) is 50.6 Å². The van der Waals surface area contributed by atoms with Crippen molar-refractivity contribution in [1.82, 2.24) is 15.5 Å². The molecule has 1 aromatic rings. The number of carbonyl (C=O) groups is 1. The second kappa shape index (κ2) is 11.5. The number of alkyl halides is 2. The Balaban J connectivity index is 2.87. The quantitative estimate of drug-likeness (QED) is 0.386. The molecule has 0 aromatic heterocycles. The topological polar surface area (TPSA) is 66.0 Å². The van der Waals surface area contributed by atoms with E-state index in [0.29, 0.717) is 23.1 Å². The smallest absolute Gasteiger partial charge is 0.387 e. The molecule has 0 atom stereocenters. The molecular formula is C17H25ClF2N4O2. The molecule has 0 aliphatic heterocycles. The van der Waals surface area contributed by atoms with Gasteiger partial charge < -0.3 is 20.3 Å². The van der Waals surface area contributed by atoms with Crippen molar-refractivity contribution in [2.75, 3.05) is 27.2 Å². The van der Waals surface area contributed by atoms with Crippen molar-refractivity contribution in [3.8, 4) is 5.75 Å². The predicted octanol–water partition coefficient (Wildman–Crippen LogP) is 2.86. The lowest BCUT2D eigenvalue weighted by Gasteiger charge is -2.15. The van der Waals surface area contributed by atoms with Gasteiger partial charge in [0.05, 0.1) is 13.1 Å². The van der Waals surface area contributed by atoms with Crippen molar-refractivity contribution in [3.05, 3.63) is 28.8 Å². The second-order valence-electron chi connectivity index (χ2n) is 5.72. The molecule has 1 rings (SSSR count). The van der Waals surface area contributed by atoms with Crippen LogP contribution in [0.1, 0.15) is 25.3 Å². The molecule has 9 heteroatoms. The third-order valence-corrected chi connectivity index (χ3v) is 3.61. The zero-order valence-corrected chi connectivity index (χ0v) is 15.9. The SMILES string of the molecule is CCCCNC(=NCc1cc(Cl)ccc1OC(F)F)NCC(=O)N(C)C. The molecule has 0 fully saturated rings. The number of likely N-dealkylation sites (N-methyl/N-ethyl adjacent to an activating group) is 1. The number of unbranched alkanes of at least 4 members (excludes halogenated alkanes) is 1. The molecule has 0 bridgehead atoms. The lowest BCUT2D eigenvalue weighted by molar-refractivity contribution is -0.127. The molecular weight excluding hydrogens is 366 g/mol. The van der Waals surface area contributed by atoms with Gasteiger partial charge in [0.1, 0.15) is 5.75 Å². The number of nitrogens with zero attached hydrogens (tertiary/aromatic N) is 2. The van der Waals surface area contributed by atoms with E-state index in [1.54, 1.807) is 14.1 Å². The maximum absolute atomic E-state index is 12.5. The first kappa shape index (κ1) is 22.0. The van der Waals surface area contributed by atoms with Crippen LogP contribution in [0.4, 0.5) is 8.78 Å². The van der Waals surface area contributed by atoms with Gasteiger partial charge in [-0.15, -0.1) is 0 Å². The van der Waals surface area contributed by atoms with Crippen LogP contribution in [0.3, 0.4) is 0 Å². The molecule has 1 aromatic carbocycles. The Morgan fingerprint density at radius 3 is 2.69 bits per heavy atom. The van der Waals surface area contributed by atoms with Crippen LogP contribution in [0.15, 0.2) is 23.2 Å². The van der Waals surface area contributed by atoms with E-state index in [4.69, 9.17) is 11.6 Å². The standard InChI is InChI=1S/C17H25ClF2N4O2/c1-4-5-8-21-17(23-11-15(25)24(2)3)22-10-12-9-13(18)6-7-14(12)26-16(19)20/h6-7,9,16H,4-5,8,10-11H2,1-3H3,(H2,21,22,23). The number of benzene rings is 1. The van der Waals surface area contributed by atoms with Crippen LogP contribution in [-0.2, 0) is 11.3 Å². The Labute approximate surface area is 157 Å². The number of guanidine groups is 1. The monoisotopic (exact) mass is 390 g/mol. The fourth-order valence-corrected chi connectivity index (χ4v) is 2.12. The number of ether oxygens (including phenoxy) is 1. The average molecular weight is 391 g/mol. The number of hydrogen-bond donors (Lipinski definition) is 2. The molecule has 1 amide bonds. The third kappa shape index (κ3) is 8.33. The molecule has 6 nitrogen and oxygen atoms in total. The number of amides is 1. The minimum Gasteiger partial charge on any atom is -0.434 e. The summed E-state index contributed by atoms with van der Waals surface area (Å²) in [6.45, 7) is -0.0614. The van der Waals surface area contributed by atoms with E-state index in [1.165, 1.54) is 23.1 Å². The summed E-state index contributed by atoms with van der Waals surface area (Å²) in [7, 11) is 3.32. The van der Waals surface area contributed by atoms with Crippen LogP contribution >= 0.6 is 11.6 Å². The molecule has 0 aliphatic rings. The summed E-state index contributed by atoms with van der Waals surface area (Å²) in [6, 6.07) is 4.38. The van der Waals surface area contributed by atoms with Gasteiger partial charge in [0.15, 0.2) is 5.96 Å². The summed E-state index contributed by atoms with van der Waals surface area (Å²) >= 11 is 5.94. The van der Waals surface area contributed by atoms with Gasteiger partial charge >= 0.3 is 6.61 Å². The van der Waals surface area contributed by atoms with Gasteiger partial charge in [-0.25, -0.2) is 4.99 Å². The summed E-state index contributed by atoms with van der Waals surface area (Å²) in [5.74, 6) is 0.321. The lowest BCUT2D eigenvalue weighted by Crippen LogP contribution is -2.43. The Kier molecular flexibility index (Phi) is 9.72. The van der Waals surface area contributed by atoms with Gasteiger partial charge in [-0.3, -0.25) is 4.79 Å². The highest BCUT2D eigenvalue weighted by atomic mass is 35.5. The molecule has 0 saturated carbocycles. The van der Waals surface area contributed by atoms with Crippen molar-refractivity contribution < 1.29 is 18.3 Å². The summed E-state index contributed by atoms with van der Waals surface area (Å²) in [5, 5.41) is 6.43. The van der Waals surface area contributed by atoms with Gasteiger partial charge in [-0.2, -0.15) is 8.78 Å². The van der Waals surface area contributed by atoms with Crippen LogP contribution in [0.25, 0.3) is 0 Å². The van der Waals surface area contributed by atoms with E-state index >= 15 is 0 Å². The first-order valence-corrected chi connectivity index (χ1v) is 8.66. The number of halogens is 3. The minimum absolute atomic E-state index is 0.0189. The van der Waals surface area contributed by atoms with Crippen LogP contribution in [0, 0.1) is 0 Å². The largest absolute Gasteiger partial charge is 0.434 e. The first-order valence-electron chi connectivity index (χ1n) is 8.29. The van der Waals surface area contributed by atoms with Crippen molar-refractivity contribution in [2.24, 2.45) is 4.99 Å². The molecule has 0 saturated heterocycles. The van der Waals surface area contributed by atoms with Crippen molar-refractivity contribution in [2.45, 2.75) is 32.9 Å².